The standard InChI is InChI=1S/C15H13N3O5S/c1-24(22,23)11-4-2-8(6-16)13-9(11)7-18(15(13)21)10-3-5-12(19)17-14(10)20/h2,4,10H,3,5,7H2,1H3,(H,17,19,20). The molecule has 2 aliphatic rings. The number of carbonyl (C=O) groups is 3. The van der Waals surface area contributed by atoms with Crippen LogP contribution < -0.4 is 5.32 Å². The third-order valence-corrected chi connectivity index (χ3v) is 5.36. The molecule has 1 aromatic rings. The van der Waals surface area contributed by atoms with E-state index in [1.807, 2.05) is 6.07 Å². The van der Waals surface area contributed by atoms with Crippen LogP contribution in [0.25, 0.3) is 0 Å². The Morgan fingerprint density at radius 2 is 2.00 bits per heavy atom. The average molecular weight is 347 g/mol. The lowest BCUT2D eigenvalue weighted by atomic mass is 10.0. The second-order valence-corrected chi connectivity index (χ2v) is 7.73. The van der Waals surface area contributed by atoms with Gasteiger partial charge in [0.05, 0.1) is 22.1 Å². The fourth-order valence-corrected chi connectivity index (χ4v) is 4.02. The maximum atomic E-state index is 12.7. The fraction of sp³-hybridized carbons (Fsp3) is 0.333. The van der Waals surface area contributed by atoms with Gasteiger partial charge in [0, 0.05) is 24.8 Å². The van der Waals surface area contributed by atoms with Crippen molar-refractivity contribution in [2.24, 2.45) is 0 Å². The number of hydrogen-bond acceptors (Lipinski definition) is 6. The molecule has 3 amide bonds. The number of amides is 3. The summed E-state index contributed by atoms with van der Waals surface area (Å²) in [6.45, 7) is -0.0850. The van der Waals surface area contributed by atoms with Gasteiger partial charge in [-0.15, -0.1) is 0 Å². The molecule has 1 aromatic carbocycles. The Bertz CT molecular complexity index is 929. The van der Waals surface area contributed by atoms with Crippen molar-refractivity contribution in [1.82, 2.24) is 10.2 Å². The summed E-state index contributed by atoms with van der Waals surface area (Å²) in [4.78, 5) is 37.2. The zero-order chi connectivity index (χ0) is 17.6. The Morgan fingerprint density at radius 3 is 2.58 bits per heavy atom. The predicted octanol–water partition coefficient (Wildman–Crippen LogP) is -0.277. The van der Waals surface area contributed by atoms with Gasteiger partial charge < -0.3 is 4.90 Å². The molecular formula is C15H13N3O5S. The molecule has 0 spiro atoms. The van der Waals surface area contributed by atoms with Gasteiger partial charge in [0.15, 0.2) is 9.84 Å². The van der Waals surface area contributed by atoms with Crippen LogP contribution in [0.2, 0.25) is 0 Å². The molecule has 1 N–H and O–H groups in total. The molecule has 1 saturated heterocycles. The second-order valence-electron chi connectivity index (χ2n) is 5.75. The van der Waals surface area contributed by atoms with E-state index in [2.05, 4.69) is 5.32 Å². The van der Waals surface area contributed by atoms with E-state index in [0.717, 1.165) is 6.26 Å². The summed E-state index contributed by atoms with van der Waals surface area (Å²) in [5, 5.41) is 11.4. The van der Waals surface area contributed by atoms with Gasteiger partial charge in [0.25, 0.3) is 5.91 Å². The predicted molar refractivity (Wildman–Crippen MR) is 80.3 cm³/mol. The van der Waals surface area contributed by atoms with Crippen LogP contribution in [0.15, 0.2) is 17.0 Å². The molecule has 0 aliphatic carbocycles. The zero-order valence-corrected chi connectivity index (χ0v) is 13.5. The summed E-state index contributed by atoms with van der Waals surface area (Å²) < 4.78 is 23.9. The number of imide groups is 1. The van der Waals surface area contributed by atoms with E-state index in [9.17, 15) is 28.1 Å². The van der Waals surface area contributed by atoms with Crippen molar-refractivity contribution in [3.05, 3.63) is 28.8 Å². The first kappa shape index (κ1) is 16.1. The number of carbonyl (C=O) groups excluding carboxylic acids is 3. The summed E-state index contributed by atoms with van der Waals surface area (Å²) in [6, 6.07) is 3.61. The number of benzene rings is 1. The number of nitriles is 1. The molecule has 1 fully saturated rings. The van der Waals surface area contributed by atoms with Crippen LogP contribution in [0.1, 0.15) is 34.3 Å². The van der Waals surface area contributed by atoms with Crippen molar-refractivity contribution in [2.45, 2.75) is 30.3 Å². The Morgan fingerprint density at radius 1 is 1.29 bits per heavy atom. The number of rotatable bonds is 2. The van der Waals surface area contributed by atoms with Crippen LogP contribution >= 0.6 is 0 Å². The minimum atomic E-state index is -3.60. The molecule has 124 valence electrons. The molecule has 2 aliphatic heterocycles. The monoisotopic (exact) mass is 347 g/mol. The first-order chi connectivity index (χ1) is 11.2. The van der Waals surface area contributed by atoms with Crippen LogP contribution in [-0.2, 0) is 26.0 Å². The first-order valence-corrected chi connectivity index (χ1v) is 9.04. The molecular weight excluding hydrogens is 334 g/mol. The molecule has 3 rings (SSSR count). The Balaban J connectivity index is 2.08. The van der Waals surface area contributed by atoms with E-state index in [-0.39, 0.29) is 41.0 Å². The van der Waals surface area contributed by atoms with Crippen molar-refractivity contribution in [3.8, 4) is 6.07 Å². The van der Waals surface area contributed by atoms with Gasteiger partial charge in [0.2, 0.25) is 11.8 Å². The lowest BCUT2D eigenvalue weighted by Gasteiger charge is -2.29. The van der Waals surface area contributed by atoms with E-state index < -0.39 is 33.6 Å². The smallest absolute Gasteiger partial charge is 0.256 e. The summed E-state index contributed by atoms with van der Waals surface area (Å²) in [6.07, 6.45) is 1.29. The summed E-state index contributed by atoms with van der Waals surface area (Å²) >= 11 is 0. The Kier molecular flexibility index (Phi) is 3.64. The fourth-order valence-electron chi connectivity index (χ4n) is 3.09. The number of hydrogen-bond donors (Lipinski definition) is 1. The molecule has 8 nitrogen and oxygen atoms in total. The van der Waals surface area contributed by atoms with Crippen LogP contribution in [0.3, 0.4) is 0 Å². The average Bonchev–Trinajstić information content (AvgIpc) is 2.83. The van der Waals surface area contributed by atoms with Gasteiger partial charge in [-0.25, -0.2) is 8.42 Å². The number of piperidine rings is 1. The lowest BCUT2D eigenvalue weighted by molar-refractivity contribution is -0.136. The van der Waals surface area contributed by atoms with Crippen LogP contribution in [-0.4, -0.2) is 43.3 Å². The van der Waals surface area contributed by atoms with Gasteiger partial charge in [-0.1, -0.05) is 0 Å². The van der Waals surface area contributed by atoms with E-state index >= 15 is 0 Å². The first-order valence-electron chi connectivity index (χ1n) is 7.14. The second kappa shape index (κ2) is 5.42. The molecule has 2 heterocycles. The van der Waals surface area contributed by atoms with Crippen molar-refractivity contribution < 1.29 is 22.8 Å². The summed E-state index contributed by atoms with van der Waals surface area (Å²) in [7, 11) is -3.60. The largest absolute Gasteiger partial charge is 0.322 e. The highest BCUT2D eigenvalue weighted by Gasteiger charge is 2.42. The van der Waals surface area contributed by atoms with E-state index in [0.29, 0.717) is 0 Å². The third-order valence-electron chi connectivity index (χ3n) is 4.18. The topological polar surface area (TPSA) is 124 Å². The van der Waals surface area contributed by atoms with Gasteiger partial charge in [-0.3, -0.25) is 19.7 Å². The molecule has 1 unspecified atom stereocenters. The highest BCUT2D eigenvalue weighted by atomic mass is 32.2. The van der Waals surface area contributed by atoms with Gasteiger partial charge in [-0.2, -0.15) is 5.26 Å². The Labute approximate surface area is 138 Å². The Hall–Kier alpha value is -2.73. The maximum Gasteiger partial charge on any atom is 0.256 e. The highest BCUT2D eigenvalue weighted by Crippen LogP contribution is 2.33. The van der Waals surface area contributed by atoms with E-state index in [1.54, 1.807) is 0 Å². The van der Waals surface area contributed by atoms with Crippen molar-refractivity contribution >= 4 is 27.6 Å². The minimum absolute atomic E-state index is 0.0186. The highest BCUT2D eigenvalue weighted by molar-refractivity contribution is 7.90. The SMILES string of the molecule is CS(=O)(=O)c1ccc(C#N)c2c1CN(C1CCC(=O)NC1=O)C2=O. The third kappa shape index (κ3) is 2.45. The van der Waals surface area contributed by atoms with Gasteiger partial charge in [-0.05, 0) is 18.6 Å². The number of sulfone groups is 1. The van der Waals surface area contributed by atoms with Crippen LogP contribution in [0.4, 0.5) is 0 Å². The molecule has 0 aromatic heterocycles. The molecule has 24 heavy (non-hydrogen) atoms. The number of fused-ring (bicyclic) bond motifs is 1. The lowest BCUT2D eigenvalue weighted by Crippen LogP contribution is -2.52. The van der Waals surface area contributed by atoms with Crippen molar-refractivity contribution in [1.29, 1.82) is 5.26 Å². The molecule has 0 bridgehead atoms. The van der Waals surface area contributed by atoms with Crippen molar-refractivity contribution in [3.63, 3.8) is 0 Å². The molecule has 0 radical (unpaired) electrons. The quantitative estimate of drug-likeness (QED) is 0.734. The molecule has 9 heteroatoms. The molecule has 1 atom stereocenters. The maximum absolute atomic E-state index is 12.7. The van der Waals surface area contributed by atoms with Crippen LogP contribution in [0.5, 0.6) is 0 Å². The van der Waals surface area contributed by atoms with Crippen LogP contribution in [0, 0.1) is 11.3 Å². The molecule has 0 saturated carbocycles. The number of nitrogens with zero attached hydrogens (tertiary/aromatic N) is 2. The van der Waals surface area contributed by atoms with Crippen molar-refractivity contribution in [2.75, 3.05) is 6.26 Å². The van der Waals surface area contributed by atoms with E-state index in [4.69, 9.17) is 0 Å². The van der Waals surface area contributed by atoms with Gasteiger partial charge in [0.1, 0.15) is 6.04 Å². The summed E-state index contributed by atoms with van der Waals surface area (Å²) in [5.41, 5.74) is 0.313. The summed E-state index contributed by atoms with van der Waals surface area (Å²) in [5.74, 6) is -1.57. The van der Waals surface area contributed by atoms with E-state index in [1.165, 1.54) is 17.0 Å². The normalized spacial score (nSPS) is 20.6. The zero-order valence-electron chi connectivity index (χ0n) is 12.7. The van der Waals surface area contributed by atoms with Gasteiger partial charge >= 0.3 is 0 Å². The number of nitrogens with one attached hydrogen (secondary N) is 1. The minimum Gasteiger partial charge on any atom is -0.322 e.